The van der Waals surface area contributed by atoms with E-state index in [0.717, 1.165) is 65.0 Å². The molecule has 5 aromatic rings. The third-order valence-corrected chi connectivity index (χ3v) is 7.75. The summed E-state index contributed by atoms with van der Waals surface area (Å²) < 4.78 is 18.0. The first-order valence-electron chi connectivity index (χ1n) is 12.3. The van der Waals surface area contributed by atoms with E-state index in [1.165, 1.54) is 12.1 Å². The molecule has 1 aliphatic rings. The molecule has 0 atom stereocenters. The zero-order chi connectivity index (χ0) is 25.7. The fourth-order valence-electron chi connectivity index (χ4n) is 5.26. The van der Waals surface area contributed by atoms with Gasteiger partial charge in [-0.15, -0.1) is 0 Å². The van der Waals surface area contributed by atoms with Crippen LogP contribution < -0.4 is 5.32 Å². The summed E-state index contributed by atoms with van der Waals surface area (Å²) in [6.07, 6.45) is 4.89. The summed E-state index contributed by atoms with van der Waals surface area (Å²) >= 11 is 12.3. The lowest BCUT2D eigenvalue weighted by Crippen LogP contribution is -2.15. The molecule has 7 heteroatoms. The summed E-state index contributed by atoms with van der Waals surface area (Å²) in [5.41, 5.74) is 8.24. The highest BCUT2D eigenvalue weighted by atomic mass is 35.5. The van der Waals surface area contributed by atoms with Gasteiger partial charge in [-0.1, -0.05) is 53.0 Å². The number of nitrogens with one attached hydrogen (secondary N) is 1. The average molecular weight is 532 g/mol. The lowest BCUT2D eigenvalue weighted by atomic mass is 9.97. The fraction of sp³-hybridized carbons (Fsp3) is 0.167. The van der Waals surface area contributed by atoms with Crippen LogP contribution in [0.2, 0.25) is 10.0 Å². The van der Waals surface area contributed by atoms with E-state index in [1.807, 2.05) is 10.6 Å². The Hall–Kier alpha value is -3.54. The molecule has 0 unspecified atom stereocenters. The predicted molar refractivity (Wildman–Crippen MR) is 148 cm³/mol. The molecule has 2 aromatic heterocycles. The summed E-state index contributed by atoms with van der Waals surface area (Å²) in [6, 6.07) is 19.9. The SMILES string of the molecule is Cc1ccc(-c2c3c4n(c(-c5ccc(F)cc5)cn4c2C(=O)Nc2ccc(Cl)c(Cl)c2)CCCC3)cc1. The quantitative estimate of drug-likeness (QED) is 0.248. The van der Waals surface area contributed by atoms with Crippen molar-refractivity contribution in [3.8, 4) is 22.4 Å². The number of carbonyl (C=O) groups is 1. The topological polar surface area (TPSA) is 38.4 Å². The Labute approximate surface area is 224 Å². The van der Waals surface area contributed by atoms with Gasteiger partial charge in [-0.3, -0.25) is 9.20 Å². The van der Waals surface area contributed by atoms with Gasteiger partial charge >= 0.3 is 0 Å². The number of aryl methyl sites for hydroxylation is 3. The van der Waals surface area contributed by atoms with Gasteiger partial charge in [-0.05, 0) is 79.8 Å². The Kier molecular flexibility index (Phi) is 6.06. The molecular weight excluding hydrogens is 508 g/mol. The van der Waals surface area contributed by atoms with Crippen LogP contribution in [0.5, 0.6) is 0 Å². The third-order valence-electron chi connectivity index (χ3n) is 7.01. The van der Waals surface area contributed by atoms with Crippen LogP contribution >= 0.6 is 23.2 Å². The Bertz CT molecular complexity index is 1650. The molecule has 3 heterocycles. The number of rotatable bonds is 4. The van der Waals surface area contributed by atoms with Gasteiger partial charge < -0.3 is 9.88 Å². The summed E-state index contributed by atoms with van der Waals surface area (Å²) in [6.45, 7) is 2.87. The van der Waals surface area contributed by atoms with Crippen molar-refractivity contribution in [2.45, 2.75) is 32.7 Å². The summed E-state index contributed by atoms with van der Waals surface area (Å²) in [4.78, 5) is 14.0. The van der Waals surface area contributed by atoms with Crippen LogP contribution in [-0.4, -0.2) is 14.9 Å². The highest BCUT2D eigenvalue weighted by Crippen LogP contribution is 2.40. The molecule has 0 spiro atoms. The number of aromatic nitrogens is 2. The summed E-state index contributed by atoms with van der Waals surface area (Å²) in [5.74, 6) is -0.513. The van der Waals surface area contributed by atoms with Crippen LogP contribution in [0.25, 0.3) is 28.0 Å². The van der Waals surface area contributed by atoms with E-state index in [1.54, 1.807) is 30.3 Å². The van der Waals surface area contributed by atoms with E-state index >= 15 is 0 Å². The normalized spacial score (nSPS) is 13.1. The number of anilines is 1. The Balaban J connectivity index is 1.59. The van der Waals surface area contributed by atoms with Gasteiger partial charge in [0.2, 0.25) is 0 Å². The average Bonchev–Trinajstić information content (AvgIpc) is 3.30. The van der Waals surface area contributed by atoms with Gasteiger partial charge in [0.15, 0.2) is 0 Å². The molecule has 4 nitrogen and oxygen atoms in total. The van der Waals surface area contributed by atoms with Gasteiger partial charge in [-0.25, -0.2) is 4.39 Å². The molecule has 3 aromatic carbocycles. The minimum atomic E-state index is -0.276. The minimum Gasteiger partial charge on any atom is -0.325 e. The smallest absolute Gasteiger partial charge is 0.273 e. The maximum absolute atomic E-state index is 14.0. The molecular formula is C30H24Cl2FN3O. The number of hydrogen-bond acceptors (Lipinski definition) is 1. The van der Waals surface area contributed by atoms with E-state index in [-0.39, 0.29) is 11.7 Å². The number of imidazole rings is 1. The van der Waals surface area contributed by atoms with Crippen LogP contribution in [0.4, 0.5) is 10.1 Å². The number of hydrogen-bond donors (Lipinski definition) is 1. The number of halogens is 3. The van der Waals surface area contributed by atoms with Crippen molar-refractivity contribution in [3.05, 3.63) is 106 Å². The Morgan fingerprint density at radius 3 is 2.38 bits per heavy atom. The molecule has 186 valence electrons. The minimum absolute atomic E-state index is 0.237. The van der Waals surface area contributed by atoms with Crippen molar-refractivity contribution in [1.29, 1.82) is 0 Å². The van der Waals surface area contributed by atoms with Crippen molar-refractivity contribution in [2.75, 3.05) is 5.32 Å². The van der Waals surface area contributed by atoms with Crippen LogP contribution in [0, 0.1) is 12.7 Å². The number of nitrogens with zero attached hydrogens (tertiary/aromatic N) is 2. The molecule has 0 aliphatic carbocycles. The van der Waals surface area contributed by atoms with Crippen molar-refractivity contribution >= 4 is 40.4 Å². The maximum Gasteiger partial charge on any atom is 0.273 e. The first-order chi connectivity index (χ1) is 17.9. The van der Waals surface area contributed by atoms with Crippen molar-refractivity contribution < 1.29 is 9.18 Å². The molecule has 0 bridgehead atoms. The van der Waals surface area contributed by atoms with E-state index in [9.17, 15) is 9.18 Å². The Morgan fingerprint density at radius 2 is 1.65 bits per heavy atom. The van der Waals surface area contributed by atoms with Crippen molar-refractivity contribution in [3.63, 3.8) is 0 Å². The van der Waals surface area contributed by atoms with Crippen LogP contribution in [0.3, 0.4) is 0 Å². The number of amides is 1. The largest absolute Gasteiger partial charge is 0.325 e. The Morgan fingerprint density at radius 1 is 0.919 bits per heavy atom. The fourth-order valence-corrected chi connectivity index (χ4v) is 5.55. The van der Waals surface area contributed by atoms with Gasteiger partial charge in [-0.2, -0.15) is 0 Å². The van der Waals surface area contributed by atoms with Crippen molar-refractivity contribution in [1.82, 2.24) is 8.97 Å². The maximum atomic E-state index is 14.0. The predicted octanol–water partition coefficient (Wildman–Crippen LogP) is 8.42. The van der Waals surface area contributed by atoms with E-state index in [2.05, 4.69) is 41.1 Å². The molecule has 37 heavy (non-hydrogen) atoms. The molecule has 0 saturated carbocycles. The van der Waals surface area contributed by atoms with E-state index < -0.39 is 0 Å². The van der Waals surface area contributed by atoms with Crippen LogP contribution in [-0.2, 0) is 13.0 Å². The van der Waals surface area contributed by atoms with Crippen LogP contribution in [0.1, 0.15) is 34.5 Å². The number of benzene rings is 3. The molecule has 0 saturated heterocycles. The number of carbonyl (C=O) groups excluding carboxylic acids is 1. The van der Waals surface area contributed by atoms with Gasteiger partial charge in [0, 0.05) is 29.6 Å². The zero-order valence-electron chi connectivity index (χ0n) is 20.2. The monoisotopic (exact) mass is 531 g/mol. The molecule has 6 rings (SSSR count). The van der Waals surface area contributed by atoms with E-state index in [4.69, 9.17) is 23.2 Å². The van der Waals surface area contributed by atoms with E-state index in [0.29, 0.717) is 21.4 Å². The second-order valence-electron chi connectivity index (χ2n) is 9.47. The highest BCUT2D eigenvalue weighted by molar-refractivity contribution is 6.42. The first-order valence-corrected chi connectivity index (χ1v) is 13.0. The summed E-state index contributed by atoms with van der Waals surface area (Å²) in [7, 11) is 0. The lowest BCUT2D eigenvalue weighted by Gasteiger charge is -2.11. The standard InChI is InChI=1S/C30H24Cl2FN3O/c1-18-5-7-20(8-6-18)27-23-4-2-3-15-35-26(19-9-11-21(33)12-10-19)17-36(30(23)35)28(27)29(37)34-22-13-14-24(31)25(32)16-22/h5-14,16-17H,2-4,15H2,1H3,(H,34,37). The molecule has 1 amide bonds. The molecule has 1 aliphatic heterocycles. The summed E-state index contributed by atoms with van der Waals surface area (Å²) in [5, 5.41) is 3.83. The van der Waals surface area contributed by atoms with Gasteiger partial charge in [0.05, 0.1) is 15.7 Å². The highest BCUT2D eigenvalue weighted by Gasteiger charge is 2.29. The first kappa shape index (κ1) is 23.8. The molecule has 0 fully saturated rings. The zero-order valence-corrected chi connectivity index (χ0v) is 21.7. The molecule has 0 radical (unpaired) electrons. The third kappa shape index (κ3) is 4.22. The molecule has 1 N–H and O–H groups in total. The second kappa shape index (κ2) is 9.40. The van der Waals surface area contributed by atoms with Crippen molar-refractivity contribution in [2.24, 2.45) is 0 Å². The second-order valence-corrected chi connectivity index (χ2v) is 10.3. The van der Waals surface area contributed by atoms with Crippen LogP contribution in [0.15, 0.2) is 72.9 Å². The van der Waals surface area contributed by atoms with Gasteiger partial charge in [0.1, 0.15) is 17.2 Å². The van der Waals surface area contributed by atoms with Gasteiger partial charge in [0.25, 0.3) is 5.91 Å². The lowest BCUT2D eigenvalue weighted by molar-refractivity contribution is 0.102.